The van der Waals surface area contributed by atoms with Crippen LogP contribution in [0.25, 0.3) is 0 Å². The molecule has 0 N–H and O–H groups in total. The lowest BCUT2D eigenvalue weighted by Gasteiger charge is -2.39. The SMILES string of the molecule is CC(C)(CCC=C(F)B1OC(C)(C)C(C)(C)O1)CO[Si](C)(C)C(C)(C)C. The van der Waals surface area contributed by atoms with Gasteiger partial charge in [-0.1, -0.05) is 40.7 Å². The van der Waals surface area contributed by atoms with Gasteiger partial charge in [-0.15, -0.1) is 0 Å². The monoisotopic (exact) mass is 386 g/mol. The van der Waals surface area contributed by atoms with Crippen LogP contribution in [0.4, 0.5) is 4.39 Å². The van der Waals surface area contributed by atoms with E-state index in [4.69, 9.17) is 13.7 Å². The Morgan fingerprint density at radius 3 is 1.92 bits per heavy atom. The van der Waals surface area contributed by atoms with E-state index in [-0.39, 0.29) is 16.2 Å². The Kier molecular flexibility index (Phi) is 7.06. The molecule has 3 nitrogen and oxygen atoms in total. The molecule has 0 aliphatic carbocycles. The van der Waals surface area contributed by atoms with Crippen molar-refractivity contribution in [3.8, 4) is 0 Å². The molecule has 0 radical (unpaired) electrons. The second-order valence-corrected chi connectivity index (χ2v) is 15.7. The van der Waals surface area contributed by atoms with Crippen LogP contribution in [0.5, 0.6) is 0 Å². The summed E-state index contributed by atoms with van der Waals surface area (Å²) < 4.78 is 32.3. The van der Waals surface area contributed by atoms with Crippen LogP contribution in [0.15, 0.2) is 11.8 Å². The maximum Gasteiger partial charge on any atom is 0.524 e. The molecule has 1 saturated heterocycles. The predicted molar refractivity (Wildman–Crippen MR) is 111 cm³/mol. The molecule has 0 aromatic heterocycles. The normalized spacial score (nSPS) is 21.4. The van der Waals surface area contributed by atoms with E-state index < -0.39 is 26.6 Å². The van der Waals surface area contributed by atoms with Gasteiger partial charge in [0, 0.05) is 6.61 Å². The van der Waals surface area contributed by atoms with Crippen molar-refractivity contribution in [2.24, 2.45) is 5.41 Å². The van der Waals surface area contributed by atoms with Gasteiger partial charge in [0.15, 0.2) is 8.32 Å². The predicted octanol–water partition coefficient (Wildman–Crippen LogP) is 6.30. The molecule has 1 aliphatic rings. The van der Waals surface area contributed by atoms with Crippen molar-refractivity contribution in [2.75, 3.05) is 6.61 Å². The van der Waals surface area contributed by atoms with Gasteiger partial charge >= 0.3 is 7.12 Å². The fraction of sp³-hybridized carbons (Fsp3) is 0.900. The quantitative estimate of drug-likeness (QED) is 0.481. The Balaban J connectivity index is 2.56. The lowest BCUT2D eigenvalue weighted by Crippen LogP contribution is -2.43. The Morgan fingerprint density at radius 1 is 1.04 bits per heavy atom. The first-order valence-corrected chi connectivity index (χ1v) is 12.7. The van der Waals surface area contributed by atoms with E-state index in [1.165, 1.54) is 0 Å². The van der Waals surface area contributed by atoms with Gasteiger partial charge in [0.05, 0.1) is 11.2 Å². The molecule has 152 valence electrons. The molecular weight excluding hydrogens is 346 g/mol. The molecule has 0 bridgehead atoms. The molecule has 0 amide bonds. The van der Waals surface area contributed by atoms with E-state index in [1.54, 1.807) is 6.08 Å². The summed E-state index contributed by atoms with van der Waals surface area (Å²) in [6.45, 7) is 24.1. The minimum absolute atomic E-state index is 0.00221. The number of rotatable bonds is 7. The largest absolute Gasteiger partial charge is 0.524 e. The molecule has 0 unspecified atom stereocenters. The summed E-state index contributed by atoms with van der Waals surface area (Å²) in [5, 5.41) is 0.200. The molecule has 1 aliphatic heterocycles. The van der Waals surface area contributed by atoms with Crippen LogP contribution in [0.1, 0.15) is 75.2 Å². The molecule has 26 heavy (non-hydrogen) atoms. The zero-order chi connectivity index (χ0) is 20.6. The minimum Gasteiger partial charge on any atom is -0.416 e. The van der Waals surface area contributed by atoms with Gasteiger partial charge in [-0.05, 0) is 64.1 Å². The summed E-state index contributed by atoms with van der Waals surface area (Å²) >= 11 is 0. The third-order valence-corrected chi connectivity index (χ3v) is 10.7. The van der Waals surface area contributed by atoms with Crippen LogP contribution in [0.2, 0.25) is 18.1 Å². The first-order chi connectivity index (χ1) is 11.4. The third-order valence-electron chi connectivity index (χ3n) is 6.27. The Bertz CT molecular complexity index is 506. The van der Waals surface area contributed by atoms with Crippen LogP contribution in [-0.2, 0) is 13.7 Å². The van der Waals surface area contributed by atoms with Gasteiger partial charge in [0.1, 0.15) is 5.73 Å². The Morgan fingerprint density at radius 2 is 1.50 bits per heavy atom. The van der Waals surface area contributed by atoms with Gasteiger partial charge in [-0.3, -0.25) is 0 Å². The van der Waals surface area contributed by atoms with E-state index in [9.17, 15) is 4.39 Å². The van der Waals surface area contributed by atoms with E-state index in [1.807, 2.05) is 27.7 Å². The second-order valence-electron chi connectivity index (χ2n) is 10.9. The molecule has 0 aromatic rings. The van der Waals surface area contributed by atoms with Gasteiger partial charge in [0.2, 0.25) is 0 Å². The molecule has 1 rings (SSSR count). The average Bonchev–Trinajstić information content (AvgIpc) is 2.64. The molecule has 1 heterocycles. The highest BCUT2D eigenvalue weighted by Gasteiger charge is 2.53. The standard InChI is InChI=1S/C20H40BFO3Si/c1-17(2,3)26(10,11)23-15-18(4,5)14-12-13-16(22)21-24-19(6,7)20(8,9)25-21/h13H,12,14-15H2,1-11H3. The highest BCUT2D eigenvalue weighted by Crippen LogP contribution is 2.40. The molecule has 6 heteroatoms. The van der Waals surface area contributed by atoms with Crippen molar-refractivity contribution in [3.05, 3.63) is 11.8 Å². The highest BCUT2D eigenvalue weighted by atomic mass is 28.4. The highest BCUT2D eigenvalue weighted by molar-refractivity contribution is 6.74. The van der Waals surface area contributed by atoms with E-state index in [0.29, 0.717) is 13.0 Å². The maximum atomic E-state index is 14.5. The fourth-order valence-corrected chi connectivity index (χ4v) is 3.50. The molecular formula is C20H40BFO3Si. The summed E-state index contributed by atoms with van der Waals surface area (Å²) in [4.78, 5) is 0. The van der Waals surface area contributed by atoms with E-state index >= 15 is 0 Å². The first kappa shape index (κ1) is 23.9. The van der Waals surface area contributed by atoms with E-state index in [2.05, 4.69) is 47.7 Å². The smallest absolute Gasteiger partial charge is 0.416 e. The summed E-state index contributed by atoms with van der Waals surface area (Å²) in [7, 11) is -2.66. The zero-order valence-corrected chi connectivity index (χ0v) is 19.9. The zero-order valence-electron chi connectivity index (χ0n) is 18.9. The van der Waals surface area contributed by atoms with E-state index in [0.717, 1.165) is 6.42 Å². The van der Waals surface area contributed by atoms with Crippen LogP contribution in [-0.4, -0.2) is 33.2 Å². The molecule has 0 spiro atoms. The fourth-order valence-electron chi connectivity index (χ4n) is 2.32. The van der Waals surface area contributed by atoms with Crippen molar-refractivity contribution in [1.82, 2.24) is 0 Å². The van der Waals surface area contributed by atoms with Gasteiger partial charge < -0.3 is 13.7 Å². The maximum absolute atomic E-state index is 14.5. The van der Waals surface area contributed by atoms with Crippen molar-refractivity contribution < 1.29 is 18.1 Å². The van der Waals surface area contributed by atoms with Crippen LogP contribution < -0.4 is 0 Å². The Hall–Kier alpha value is -0.168. The number of halogens is 1. The number of hydrogen-bond acceptors (Lipinski definition) is 3. The van der Waals surface area contributed by atoms with Gasteiger partial charge in [-0.25, -0.2) is 4.39 Å². The minimum atomic E-state index is -1.76. The molecule has 0 atom stereocenters. The third kappa shape index (κ3) is 5.91. The second kappa shape index (κ2) is 7.69. The van der Waals surface area contributed by atoms with Gasteiger partial charge in [-0.2, -0.15) is 0 Å². The van der Waals surface area contributed by atoms with Crippen molar-refractivity contribution in [1.29, 1.82) is 0 Å². The number of allylic oxidation sites excluding steroid dienone is 1. The Labute approximate surface area is 162 Å². The number of hydrogen-bond donors (Lipinski definition) is 0. The summed E-state index contributed by atoms with van der Waals surface area (Å²) in [5.41, 5.74) is -1.36. The van der Waals surface area contributed by atoms with Crippen LogP contribution >= 0.6 is 0 Å². The summed E-state index contributed by atoms with van der Waals surface area (Å²) in [5.74, 6) is 0. The van der Waals surface area contributed by atoms with Crippen molar-refractivity contribution in [3.63, 3.8) is 0 Å². The average molecular weight is 386 g/mol. The first-order valence-electron chi connectivity index (χ1n) is 9.75. The van der Waals surface area contributed by atoms with Crippen molar-refractivity contribution >= 4 is 15.4 Å². The topological polar surface area (TPSA) is 27.7 Å². The molecule has 0 saturated carbocycles. The molecule has 1 fully saturated rings. The lowest BCUT2D eigenvalue weighted by molar-refractivity contribution is 0.00578. The van der Waals surface area contributed by atoms with Crippen LogP contribution in [0.3, 0.4) is 0 Å². The summed E-state index contributed by atoms with van der Waals surface area (Å²) in [6, 6.07) is 0. The lowest BCUT2D eigenvalue weighted by atomic mass is 9.84. The summed E-state index contributed by atoms with van der Waals surface area (Å²) in [6.07, 6.45) is 3.11. The van der Waals surface area contributed by atoms with Crippen molar-refractivity contribution in [2.45, 2.75) is 104 Å². The van der Waals surface area contributed by atoms with Crippen LogP contribution in [0, 0.1) is 5.41 Å². The molecule has 0 aromatic carbocycles. The van der Waals surface area contributed by atoms with Gasteiger partial charge in [0.25, 0.3) is 0 Å².